The average molecular weight is 579 g/mol. The molecule has 5 rings (SSSR count). The molecule has 2 heterocycles. The molecule has 4 aromatic rings. The van der Waals surface area contributed by atoms with Crippen LogP contribution in [0, 0.1) is 0 Å². The van der Waals surface area contributed by atoms with Crippen molar-refractivity contribution in [3.05, 3.63) is 88.6 Å². The molecule has 1 aliphatic heterocycles. The highest BCUT2D eigenvalue weighted by atomic mass is 16.7. The number of fused-ring (bicyclic) bond motifs is 1. The van der Waals surface area contributed by atoms with Crippen molar-refractivity contribution in [3.8, 4) is 34.3 Å². The van der Waals surface area contributed by atoms with Gasteiger partial charge in [0.05, 0.1) is 0 Å². The zero-order valence-electron chi connectivity index (χ0n) is 21.7. The smallest absolute Gasteiger partial charge is 0.330 e. The maximum atomic E-state index is 13.5. The first-order chi connectivity index (χ1) is 20.1. The zero-order chi connectivity index (χ0) is 30.0. The SMILES string of the molecule is O=C(C=Cc1ccccc1)OC[C@H]1O[C@@H](Oc2c(-c3ccc(O)cc3)oc3cc(O)cc(O)c3c2=O)[C@H](O)[C@@H](O)[C@@H]1O. The summed E-state index contributed by atoms with van der Waals surface area (Å²) in [5, 5.41) is 61.2. The summed E-state index contributed by atoms with van der Waals surface area (Å²) < 4.78 is 22.3. The summed E-state index contributed by atoms with van der Waals surface area (Å²) in [4.78, 5) is 25.8. The van der Waals surface area contributed by atoms with Crippen LogP contribution in [0.1, 0.15) is 5.56 Å². The molecule has 0 radical (unpaired) electrons. The molecule has 1 aliphatic rings. The minimum Gasteiger partial charge on any atom is -0.508 e. The molecule has 218 valence electrons. The standard InChI is InChI=1S/C30H26O12/c31-17-9-7-16(8-10-17)28-29(25(36)23-19(33)12-18(32)13-20(23)40-28)42-30-27(38)26(37)24(35)21(41-30)14-39-22(34)11-6-15-4-2-1-3-5-15/h1-13,21,24,26-27,30-33,35,37-38H,14H2/t21-,24-,26+,27-,30+/m1/s1. The molecule has 0 amide bonds. The van der Waals surface area contributed by atoms with Gasteiger partial charge in [-0.15, -0.1) is 0 Å². The van der Waals surface area contributed by atoms with E-state index in [1.165, 1.54) is 30.3 Å². The minimum atomic E-state index is -1.87. The summed E-state index contributed by atoms with van der Waals surface area (Å²) in [5.74, 6) is -2.62. The minimum absolute atomic E-state index is 0.0845. The predicted molar refractivity (Wildman–Crippen MR) is 147 cm³/mol. The number of aliphatic hydroxyl groups is 3. The summed E-state index contributed by atoms with van der Waals surface area (Å²) in [6.07, 6.45) is -5.87. The van der Waals surface area contributed by atoms with Crippen LogP contribution in [0.2, 0.25) is 0 Å². The maximum absolute atomic E-state index is 13.5. The highest BCUT2D eigenvalue weighted by Gasteiger charge is 2.46. The topological polar surface area (TPSA) is 196 Å². The lowest BCUT2D eigenvalue weighted by molar-refractivity contribution is -0.278. The Hall–Kier alpha value is -4.88. The van der Waals surface area contributed by atoms with E-state index in [0.717, 1.165) is 23.8 Å². The summed E-state index contributed by atoms with van der Waals surface area (Å²) >= 11 is 0. The third-order valence-electron chi connectivity index (χ3n) is 6.55. The van der Waals surface area contributed by atoms with Gasteiger partial charge in [-0.3, -0.25) is 4.79 Å². The Morgan fingerprint density at radius 1 is 0.881 bits per heavy atom. The fraction of sp³-hybridized carbons (Fsp3) is 0.200. The van der Waals surface area contributed by atoms with Crippen LogP contribution < -0.4 is 10.2 Å². The Morgan fingerprint density at radius 3 is 2.31 bits per heavy atom. The first-order valence-corrected chi connectivity index (χ1v) is 12.7. The van der Waals surface area contributed by atoms with Crippen LogP contribution in [0.25, 0.3) is 28.4 Å². The van der Waals surface area contributed by atoms with Gasteiger partial charge in [0, 0.05) is 23.8 Å². The Labute approximate surface area is 237 Å². The van der Waals surface area contributed by atoms with Gasteiger partial charge in [-0.25, -0.2) is 4.79 Å². The lowest BCUT2D eigenvalue weighted by Gasteiger charge is -2.39. The van der Waals surface area contributed by atoms with Crippen molar-refractivity contribution < 1.29 is 54.1 Å². The molecule has 0 aliphatic carbocycles. The van der Waals surface area contributed by atoms with E-state index in [9.17, 15) is 40.2 Å². The van der Waals surface area contributed by atoms with Crippen LogP contribution in [0.5, 0.6) is 23.0 Å². The Balaban J connectivity index is 1.43. The molecule has 3 aromatic carbocycles. The van der Waals surface area contributed by atoms with Gasteiger partial charge in [0.15, 0.2) is 5.76 Å². The largest absolute Gasteiger partial charge is 0.508 e. The van der Waals surface area contributed by atoms with Crippen molar-refractivity contribution in [2.45, 2.75) is 30.7 Å². The van der Waals surface area contributed by atoms with Crippen molar-refractivity contribution in [3.63, 3.8) is 0 Å². The van der Waals surface area contributed by atoms with E-state index in [2.05, 4.69) is 0 Å². The quantitative estimate of drug-likeness (QED) is 0.138. The average Bonchev–Trinajstić information content (AvgIpc) is 2.97. The summed E-state index contributed by atoms with van der Waals surface area (Å²) in [7, 11) is 0. The second-order valence-electron chi connectivity index (χ2n) is 9.48. The van der Waals surface area contributed by atoms with E-state index in [0.29, 0.717) is 0 Å². The number of benzene rings is 3. The van der Waals surface area contributed by atoms with Gasteiger partial charge < -0.3 is 49.3 Å². The highest BCUT2D eigenvalue weighted by molar-refractivity contribution is 5.88. The number of phenolic OH excluding ortho intramolecular Hbond substituents is 3. The van der Waals surface area contributed by atoms with Crippen molar-refractivity contribution in [1.29, 1.82) is 0 Å². The lowest BCUT2D eigenvalue weighted by atomic mass is 9.99. The van der Waals surface area contributed by atoms with E-state index in [1.54, 1.807) is 24.3 Å². The molecule has 1 aromatic heterocycles. The van der Waals surface area contributed by atoms with E-state index < -0.39 is 60.2 Å². The first kappa shape index (κ1) is 28.6. The third kappa shape index (κ3) is 5.92. The maximum Gasteiger partial charge on any atom is 0.330 e. The van der Waals surface area contributed by atoms with Gasteiger partial charge in [-0.05, 0) is 35.9 Å². The van der Waals surface area contributed by atoms with Gasteiger partial charge in [0.2, 0.25) is 17.5 Å². The van der Waals surface area contributed by atoms with Crippen molar-refractivity contribution in [2.24, 2.45) is 0 Å². The molecular weight excluding hydrogens is 552 g/mol. The van der Waals surface area contributed by atoms with Gasteiger partial charge >= 0.3 is 5.97 Å². The Kier molecular flexibility index (Phi) is 8.13. The van der Waals surface area contributed by atoms with Crippen molar-refractivity contribution in [2.75, 3.05) is 6.61 Å². The number of ether oxygens (including phenoxy) is 3. The fourth-order valence-corrected chi connectivity index (χ4v) is 4.39. The molecule has 5 atom stereocenters. The number of aliphatic hydroxyl groups excluding tert-OH is 3. The number of esters is 1. The number of aromatic hydroxyl groups is 3. The second kappa shape index (κ2) is 11.9. The number of hydrogen-bond donors (Lipinski definition) is 6. The third-order valence-corrected chi connectivity index (χ3v) is 6.55. The molecular formula is C30H26O12. The van der Waals surface area contributed by atoms with Crippen molar-refractivity contribution in [1.82, 2.24) is 0 Å². The molecule has 0 unspecified atom stereocenters. The van der Waals surface area contributed by atoms with Gasteiger partial charge in [-0.2, -0.15) is 0 Å². The van der Waals surface area contributed by atoms with Crippen LogP contribution >= 0.6 is 0 Å². The fourth-order valence-electron chi connectivity index (χ4n) is 4.39. The van der Waals surface area contributed by atoms with E-state index in [-0.39, 0.29) is 33.8 Å². The number of hydrogen-bond acceptors (Lipinski definition) is 12. The van der Waals surface area contributed by atoms with Crippen LogP contribution in [-0.2, 0) is 14.3 Å². The molecule has 12 heteroatoms. The van der Waals surface area contributed by atoms with Gasteiger partial charge in [-0.1, -0.05) is 30.3 Å². The van der Waals surface area contributed by atoms with Crippen LogP contribution in [0.3, 0.4) is 0 Å². The zero-order valence-corrected chi connectivity index (χ0v) is 21.7. The normalized spacial score (nSPS) is 22.3. The molecule has 0 spiro atoms. The number of phenols is 3. The summed E-state index contributed by atoms with van der Waals surface area (Å²) in [5.41, 5.74) is -0.134. The first-order valence-electron chi connectivity index (χ1n) is 12.7. The highest BCUT2D eigenvalue weighted by Crippen LogP contribution is 2.37. The number of carbonyl (C=O) groups is 1. The van der Waals surface area contributed by atoms with Crippen LogP contribution in [0.4, 0.5) is 0 Å². The molecule has 1 saturated heterocycles. The predicted octanol–water partition coefficient (Wildman–Crippen LogP) is 2.02. The number of carbonyl (C=O) groups excluding carboxylic acids is 1. The Bertz CT molecular complexity index is 1660. The van der Waals surface area contributed by atoms with E-state index in [4.69, 9.17) is 18.6 Å². The molecule has 0 bridgehead atoms. The molecule has 42 heavy (non-hydrogen) atoms. The van der Waals surface area contributed by atoms with E-state index >= 15 is 0 Å². The van der Waals surface area contributed by atoms with Gasteiger partial charge in [0.25, 0.3) is 0 Å². The molecule has 12 nitrogen and oxygen atoms in total. The molecule has 6 N–H and O–H groups in total. The monoisotopic (exact) mass is 578 g/mol. The van der Waals surface area contributed by atoms with Crippen LogP contribution in [-0.4, -0.2) is 73.9 Å². The summed E-state index contributed by atoms with van der Waals surface area (Å²) in [6, 6.07) is 16.4. The molecule has 0 saturated carbocycles. The van der Waals surface area contributed by atoms with Crippen molar-refractivity contribution >= 4 is 23.0 Å². The van der Waals surface area contributed by atoms with E-state index in [1.807, 2.05) is 6.07 Å². The van der Waals surface area contributed by atoms with Crippen LogP contribution in [0.15, 0.2) is 82.0 Å². The molecule has 1 fully saturated rings. The number of rotatable bonds is 7. The lowest BCUT2D eigenvalue weighted by Crippen LogP contribution is -2.60. The second-order valence-corrected chi connectivity index (χ2v) is 9.48. The Morgan fingerprint density at radius 2 is 1.60 bits per heavy atom. The van der Waals surface area contributed by atoms with Gasteiger partial charge in [0.1, 0.15) is 59.2 Å². The summed E-state index contributed by atoms with van der Waals surface area (Å²) in [6.45, 7) is -0.542.